The highest BCUT2D eigenvalue weighted by molar-refractivity contribution is 7.21. The van der Waals surface area contributed by atoms with Crippen LogP contribution in [0.15, 0.2) is 71.1 Å². The smallest absolute Gasteiger partial charge is 0.217 e. The second-order valence-corrected chi connectivity index (χ2v) is 8.04. The number of anilines is 1. The van der Waals surface area contributed by atoms with Crippen molar-refractivity contribution in [3.8, 4) is 10.6 Å². The highest BCUT2D eigenvalue weighted by Gasteiger charge is 2.19. The first kappa shape index (κ1) is 18.5. The van der Waals surface area contributed by atoms with Gasteiger partial charge in [0.1, 0.15) is 16.4 Å². The molecule has 6 heteroatoms. The van der Waals surface area contributed by atoms with Crippen LogP contribution in [0.2, 0.25) is 0 Å². The topological polar surface area (TPSA) is 55.1 Å². The molecule has 0 saturated heterocycles. The zero-order valence-corrected chi connectivity index (χ0v) is 16.9. The van der Waals surface area contributed by atoms with Crippen LogP contribution in [0, 0.1) is 12.7 Å². The van der Waals surface area contributed by atoms with Crippen LogP contribution in [0.4, 0.5) is 10.1 Å². The van der Waals surface area contributed by atoms with Crippen LogP contribution in [0.1, 0.15) is 16.1 Å². The molecule has 5 aromatic rings. The van der Waals surface area contributed by atoms with Crippen molar-refractivity contribution in [2.45, 2.75) is 6.92 Å². The summed E-state index contributed by atoms with van der Waals surface area (Å²) in [5.74, 6) is -0.294. The Labute approximate surface area is 176 Å². The number of nitrogens with zero attached hydrogens (tertiary/aromatic N) is 1. The van der Waals surface area contributed by atoms with E-state index in [-0.39, 0.29) is 23.9 Å². The fraction of sp³-hybridized carbons (Fsp3) is 0.0833. The molecule has 0 aliphatic carbocycles. The average molecular weight is 416 g/mol. The van der Waals surface area contributed by atoms with Gasteiger partial charge in [0.05, 0.1) is 16.8 Å². The molecule has 0 saturated carbocycles. The number of carbonyl (C=O) groups is 1. The third kappa shape index (κ3) is 3.25. The van der Waals surface area contributed by atoms with Crippen molar-refractivity contribution in [3.05, 3.63) is 83.9 Å². The molecule has 0 unspecified atom stereocenters. The van der Waals surface area contributed by atoms with E-state index < -0.39 is 0 Å². The zero-order chi connectivity index (χ0) is 20.7. The number of para-hydroxylation sites is 2. The Morgan fingerprint density at radius 1 is 1.10 bits per heavy atom. The number of fused-ring (bicyclic) bond motifs is 2. The first-order valence-corrected chi connectivity index (χ1v) is 10.3. The first-order valence-electron chi connectivity index (χ1n) is 9.51. The summed E-state index contributed by atoms with van der Waals surface area (Å²) < 4.78 is 20.3. The van der Waals surface area contributed by atoms with Gasteiger partial charge in [0.2, 0.25) is 5.78 Å². The molecule has 2 heterocycles. The minimum Gasteiger partial charge on any atom is -0.453 e. The number of hydrogen-bond donors (Lipinski definition) is 1. The minimum absolute atomic E-state index is 0.0606. The second-order valence-electron chi connectivity index (χ2n) is 7.01. The molecule has 0 radical (unpaired) electrons. The number of rotatable bonds is 5. The van der Waals surface area contributed by atoms with Crippen molar-refractivity contribution in [3.63, 3.8) is 0 Å². The Kier molecular flexibility index (Phi) is 4.56. The lowest BCUT2D eigenvalue weighted by molar-refractivity contribution is 0.0981. The van der Waals surface area contributed by atoms with Crippen LogP contribution in [0.5, 0.6) is 0 Å². The van der Waals surface area contributed by atoms with E-state index in [0.717, 1.165) is 26.5 Å². The van der Waals surface area contributed by atoms with Crippen LogP contribution < -0.4 is 5.32 Å². The van der Waals surface area contributed by atoms with Crippen LogP contribution in [-0.4, -0.2) is 17.3 Å². The van der Waals surface area contributed by atoms with Crippen LogP contribution in [-0.2, 0) is 0 Å². The molecule has 0 spiro atoms. The summed E-state index contributed by atoms with van der Waals surface area (Å²) in [6.45, 7) is 1.83. The molecular formula is C24H17FN2O2S. The number of benzene rings is 3. The van der Waals surface area contributed by atoms with E-state index in [1.807, 2.05) is 48.5 Å². The van der Waals surface area contributed by atoms with Gasteiger partial charge >= 0.3 is 0 Å². The van der Waals surface area contributed by atoms with Gasteiger partial charge in [-0.05, 0) is 49.4 Å². The molecule has 4 nitrogen and oxygen atoms in total. The summed E-state index contributed by atoms with van der Waals surface area (Å²) in [6.07, 6.45) is 0. The lowest BCUT2D eigenvalue weighted by Gasteiger charge is -2.09. The molecule has 0 amide bonds. The van der Waals surface area contributed by atoms with Gasteiger partial charge in [-0.1, -0.05) is 24.3 Å². The third-order valence-corrected chi connectivity index (χ3v) is 6.11. The molecule has 1 N–H and O–H groups in total. The van der Waals surface area contributed by atoms with Crippen LogP contribution in [0.3, 0.4) is 0 Å². The number of carbonyl (C=O) groups excluding carboxylic acids is 1. The number of thiazole rings is 1. The Bertz CT molecular complexity index is 1370. The number of ketones is 1. The predicted octanol–water partition coefficient (Wildman–Crippen LogP) is 6.45. The van der Waals surface area contributed by atoms with E-state index >= 15 is 0 Å². The summed E-state index contributed by atoms with van der Waals surface area (Å²) >= 11 is 1.61. The largest absolute Gasteiger partial charge is 0.453 e. The molecule has 30 heavy (non-hydrogen) atoms. The van der Waals surface area contributed by atoms with Crippen molar-refractivity contribution in [1.29, 1.82) is 0 Å². The number of hydrogen-bond acceptors (Lipinski definition) is 5. The molecule has 2 aromatic heterocycles. The summed E-state index contributed by atoms with van der Waals surface area (Å²) in [6, 6.07) is 20.0. The Morgan fingerprint density at radius 3 is 2.77 bits per heavy atom. The third-order valence-electron chi connectivity index (χ3n) is 5.04. The lowest BCUT2D eigenvalue weighted by Crippen LogP contribution is -2.14. The number of halogens is 1. The van der Waals surface area contributed by atoms with Crippen molar-refractivity contribution < 1.29 is 13.6 Å². The number of nitrogens with one attached hydrogen (secondary N) is 1. The first-order chi connectivity index (χ1) is 14.6. The van der Waals surface area contributed by atoms with Crippen molar-refractivity contribution in [2.24, 2.45) is 0 Å². The average Bonchev–Trinajstić information content (AvgIpc) is 3.33. The van der Waals surface area contributed by atoms with E-state index in [0.29, 0.717) is 16.5 Å². The number of aryl methyl sites for hydroxylation is 1. The summed E-state index contributed by atoms with van der Waals surface area (Å²) in [5, 5.41) is 4.73. The van der Waals surface area contributed by atoms with Gasteiger partial charge in [0.15, 0.2) is 5.76 Å². The van der Waals surface area contributed by atoms with Gasteiger partial charge in [0, 0.05) is 22.2 Å². The molecule has 0 aliphatic rings. The van der Waals surface area contributed by atoms with Gasteiger partial charge < -0.3 is 9.73 Å². The SMILES string of the molecule is Cc1c(C(=O)CNc2ccccc2-c2nc3ccccc3s2)oc2ccc(F)cc12. The highest BCUT2D eigenvalue weighted by Crippen LogP contribution is 2.34. The molecule has 0 fully saturated rings. The monoisotopic (exact) mass is 416 g/mol. The normalized spacial score (nSPS) is 11.3. The zero-order valence-electron chi connectivity index (χ0n) is 16.1. The maximum Gasteiger partial charge on any atom is 0.217 e. The van der Waals surface area contributed by atoms with Crippen molar-refractivity contribution in [2.75, 3.05) is 11.9 Å². The van der Waals surface area contributed by atoms with E-state index in [4.69, 9.17) is 9.40 Å². The van der Waals surface area contributed by atoms with E-state index in [9.17, 15) is 9.18 Å². The van der Waals surface area contributed by atoms with Gasteiger partial charge in [-0.3, -0.25) is 4.79 Å². The maximum absolute atomic E-state index is 13.5. The standard InChI is InChI=1S/C24H17FN2O2S/c1-14-17-12-15(25)10-11-21(17)29-23(14)20(28)13-26-18-7-3-2-6-16(18)24-27-19-8-4-5-9-22(19)30-24/h2-12,26H,13H2,1H3. The van der Waals surface area contributed by atoms with Crippen LogP contribution >= 0.6 is 11.3 Å². The van der Waals surface area contributed by atoms with E-state index in [1.54, 1.807) is 24.3 Å². The molecule has 3 aromatic carbocycles. The molecular weight excluding hydrogens is 399 g/mol. The quantitative estimate of drug-likeness (QED) is 0.335. The second kappa shape index (κ2) is 7.39. The fourth-order valence-electron chi connectivity index (χ4n) is 3.53. The summed E-state index contributed by atoms with van der Waals surface area (Å²) in [4.78, 5) is 17.5. The van der Waals surface area contributed by atoms with E-state index in [2.05, 4.69) is 5.32 Å². The highest BCUT2D eigenvalue weighted by atomic mass is 32.1. The molecule has 5 rings (SSSR count). The molecule has 0 bridgehead atoms. The summed E-state index contributed by atoms with van der Waals surface area (Å²) in [7, 11) is 0. The van der Waals surface area contributed by atoms with Crippen molar-refractivity contribution >= 4 is 44.0 Å². The Morgan fingerprint density at radius 2 is 1.90 bits per heavy atom. The summed E-state index contributed by atoms with van der Waals surface area (Å²) in [5.41, 5.74) is 3.87. The maximum atomic E-state index is 13.5. The Balaban J connectivity index is 1.42. The molecule has 148 valence electrons. The lowest BCUT2D eigenvalue weighted by atomic mass is 10.1. The van der Waals surface area contributed by atoms with Gasteiger partial charge in [-0.25, -0.2) is 9.37 Å². The van der Waals surface area contributed by atoms with Gasteiger partial charge in [-0.2, -0.15) is 0 Å². The predicted molar refractivity (Wildman–Crippen MR) is 119 cm³/mol. The Hall–Kier alpha value is -3.51. The molecule has 0 aliphatic heterocycles. The van der Waals surface area contributed by atoms with Crippen LogP contribution in [0.25, 0.3) is 31.8 Å². The van der Waals surface area contributed by atoms with Crippen molar-refractivity contribution in [1.82, 2.24) is 4.98 Å². The van der Waals surface area contributed by atoms with Gasteiger partial charge in [-0.15, -0.1) is 11.3 Å². The molecule has 0 atom stereocenters. The van der Waals surface area contributed by atoms with E-state index in [1.165, 1.54) is 12.1 Å². The minimum atomic E-state index is -0.353. The fourth-order valence-corrected chi connectivity index (χ4v) is 4.53. The van der Waals surface area contributed by atoms with Gasteiger partial charge in [0.25, 0.3) is 0 Å². The number of Topliss-reactive ketones (excluding diaryl/α,β-unsaturated/α-hetero) is 1. The number of furan rings is 1. The number of aromatic nitrogens is 1.